The molecule has 1 aliphatic rings. The molecule has 0 radical (unpaired) electrons. The van der Waals surface area contributed by atoms with E-state index in [1.807, 2.05) is 20.8 Å². The molecule has 6 atom stereocenters. The van der Waals surface area contributed by atoms with Gasteiger partial charge < -0.3 is 40.2 Å². The molecule has 1 unspecified atom stereocenters. The lowest BCUT2D eigenvalue weighted by atomic mass is 9.94. The predicted molar refractivity (Wildman–Crippen MR) is 118 cm³/mol. The molecule has 1 rings (SSSR count). The molecule has 190 valence electrons. The number of ether oxygens (including phenoxy) is 3. The van der Waals surface area contributed by atoms with Crippen LogP contribution in [0.1, 0.15) is 40.5 Å². The van der Waals surface area contributed by atoms with Crippen LogP contribution in [0.25, 0.3) is 0 Å². The molecule has 11 heteroatoms. The molecular formula is C22H38N2O9. The van der Waals surface area contributed by atoms with Gasteiger partial charge in [0.1, 0.15) is 31.0 Å². The Kier molecular flexibility index (Phi) is 12.0. The first kappa shape index (κ1) is 29.0. The number of hydrogen-bond acceptors (Lipinski definition) is 9. The van der Waals surface area contributed by atoms with Gasteiger partial charge in [0.15, 0.2) is 12.2 Å². The standard InChI is InChI=1S/C22H38N2O9/c1-13(19(28)23-10-12-33-21(30)15-7-6-11-32-15)24-20(29)18(31-5)17(27)16(26)14(25)8-9-22(2,3)4/h8-9,13-18,25-27H,6-7,10-12H2,1-5H3,(H,23,28)(H,24,29)/b9-8+/t13-,14+,15?,16-,17+,18+/m0/s1. The Morgan fingerprint density at radius 3 is 2.36 bits per heavy atom. The fourth-order valence-corrected chi connectivity index (χ4v) is 2.98. The second-order valence-electron chi connectivity index (χ2n) is 9.04. The maximum absolute atomic E-state index is 12.5. The number of carbonyl (C=O) groups excluding carboxylic acids is 3. The molecule has 5 N–H and O–H groups in total. The summed E-state index contributed by atoms with van der Waals surface area (Å²) in [7, 11) is 1.16. The molecule has 1 fully saturated rings. The molecule has 33 heavy (non-hydrogen) atoms. The average Bonchev–Trinajstić information content (AvgIpc) is 3.29. The molecule has 0 aromatic carbocycles. The van der Waals surface area contributed by atoms with Gasteiger partial charge in [-0.25, -0.2) is 4.79 Å². The van der Waals surface area contributed by atoms with Gasteiger partial charge in [0.05, 0.1) is 6.54 Å². The zero-order valence-corrected chi connectivity index (χ0v) is 19.9. The van der Waals surface area contributed by atoms with Crippen molar-refractivity contribution in [2.75, 3.05) is 26.9 Å². The van der Waals surface area contributed by atoms with Crippen molar-refractivity contribution in [1.29, 1.82) is 0 Å². The number of methoxy groups -OCH3 is 1. The van der Waals surface area contributed by atoms with Crippen LogP contribution in [-0.2, 0) is 28.6 Å². The highest BCUT2D eigenvalue weighted by atomic mass is 16.6. The van der Waals surface area contributed by atoms with Crippen molar-refractivity contribution in [2.45, 2.75) is 77.1 Å². The van der Waals surface area contributed by atoms with E-state index in [-0.39, 0.29) is 18.6 Å². The van der Waals surface area contributed by atoms with Gasteiger partial charge in [-0.3, -0.25) is 9.59 Å². The van der Waals surface area contributed by atoms with Crippen molar-refractivity contribution in [3.05, 3.63) is 12.2 Å². The highest BCUT2D eigenvalue weighted by Crippen LogP contribution is 2.17. The summed E-state index contributed by atoms with van der Waals surface area (Å²) in [4.78, 5) is 36.4. The van der Waals surface area contributed by atoms with Crippen molar-refractivity contribution < 1.29 is 43.9 Å². The molecule has 0 aliphatic carbocycles. The quantitative estimate of drug-likeness (QED) is 0.136. The monoisotopic (exact) mass is 474 g/mol. The van der Waals surface area contributed by atoms with Crippen LogP contribution in [0.3, 0.4) is 0 Å². The Hall–Kier alpha value is -2.05. The van der Waals surface area contributed by atoms with Gasteiger partial charge in [0.25, 0.3) is 5.91 Å². The zero-order valence-electron chi connectivity index (χ0n) is 19.9. The van der Waals surface area contributed by atoms with E-state index in [9.17, 15) is 29.7 Å². The van der Waals surface area contributed by atoms with E-state index in [2.05, 4.69) is 10.6 Å². The van der Waals surface area contributed by atoms with E-state index in [4.69, 9.17) is 14.2 Å². The Morgan fingerprint density at radius 1 is 1.15 bits per heavy atom. The Labute approximate surface area is 194 Å². The van der Waals surface area contributed by atoms with Crippen molar-refractivity contribution in [3.8, 4) is 0 Å². The van der Waals surface area contributed by atoms with Gasteiger partial charge in [0, 0.05) is 13.7 Å². The van der Waals surface area contributed by atoms with Gasteiger partial charge in [-0.2, -0.15) is 0 Å². The number of nitrogens with one attached hydrogen (secondary N) is 2. The number of hydrogen-bond donors (Lipinski definition) is 5. The first-order valence-corrected chi connectivity index (χ1v) is 11.0. The molecule has 2 amide bonds. The summed E-state index contributed by atoms with van der Waals surface area (Å²) in [5, 5.41) is 35.5. The Morgan fingerprint density at radius 2 is 1.82 bits per heavy atom. The van der Waals surface area contributed by atoms with Gasteiger partial charge in [-0.1, -0.05) is 32.9 Å². The third kappa shape index (κ3) is 10.2. The minimum atomic E-state index is -1.75. The smallest absolute Gasteiger partial charge is 0.335 e. The fraction of sp³-hybridized carbons (Fsp3) is 0.773. The summed E-state index contributed by atoms with van der Waals surface area (Å²) in [6.07, 6.45) is -2.55. The third-order valence-corrected chi connectivity index (χ3v) is 4.91. The van der Waals surface area contributed by atoms with Crippen LogP contribution in [0.5, 0.6) is 0 Å². The largest absolute Gasteiger partial charge is 0.462 e. The summed E-state index contributed by atoms with van der Waals surface area (Å²) >= 11 is 0. The van der Waals surface area contributed by atoms with Crippen LogP contribution >= 0.6 is 0 Å². The van der Waals surface area contributed by atoms with Crippen LogP contribution in [0, 0.1) is 5.41 Å². The topological polar surface area (TPSA) is 164 Å². The number of amides is 2. The number of allylic oxidation sites excluding steroid dienone is 1. The SMILES string of the molecule is CO[C@@H](C(=O)N[C@@H](C)C(=O)NCCOC(=O)C1CCCO1)[C@H](O)[C@@H](O)[C@H](O)/C=C/C(C)(C)C. The number of aliphatic hydroxyl groups is 3. The van der Waals surface area contributed by atoms with Crippen molar-refractivity contribution >= 4 is 17.8 Å². The third-order valence-electron chi connectivity index (χ3n) is 4.91. The molecule has 1 heterocycles. The van der Waals surface area contributed by atoms with Crippen LogP contribution in [0.4, 0.5) is 0 Å². The molecule has 1 aliphatic heterocycles. The number of aliphatic hydroxyl groups excluding tert-OH is 3. The highest BCUT2D eigenvalue weighted by Gasteiger charge is 2.36. The van der Waals surface area contributed by atoms with Gasteiger partial charge >= 0.3 is 5.97 Å². The molecular weight excluding hydrogens is 436 g/mol. The fourth-order valence-electron chi connectivity index (χ4n) is 2.98. The van der Waals surface area contributed by atoms with Crippen LogP contribution in [-0.4, -0.2) is 96.5 Å². The molecule has 0 aromatic heterocycles. The zero-order chi connectivity index (χ0) is 25.2. The minimum Gasteiger partial charge on any atom is -0.462 e. The molecule has 0 bridgehead atoms. The molecule has 11 nitrogen and oxygen atoms in total. The Balaban J connectivity index is 2.48. The second kappa shape index (κ2) is 13.6. The molecule has 1 saturated heterocycles. The number of esters is 1. The average molecular weight is 475 g/mol. The second-order valence-corrected chi connectivity index (χ2v) is 9.04. The van der Waals surface area contributed by atoms with E-state index in [1.54, 1.807) is 6.08 Å². The summed E-state index contributed by atoms with van der Waals surface area (Å²) in [5.41, 5.74) is -0.255. The molecule has 0 spiro atoms. The lowest BCUT2D eigenvalue weighted by molar-refractivity contribution is -0.154. The molecule has 0 saturated carbocycles. The predicted octanol–water partition coefficient (Wildman–Crippen LogP) is -0.970. The summed E-state index contributed by atoms with van der Waals surface area (Å²) in [6, 6.07) is -1.00. The van der Waals surface area contributed by atoms with Gasteiger partial charge in [-0.05, 0) is 25.2 Å². The van der Waals surface area contributed by atoms with E-state index < -0.39 is 54.3 Å². The van der Waals surface area contributed by atoms with Crippen LogP contribution < -0.4 is 10.6 Å². The maximum Gasteiger partial charge on any atom is 0.335 e. The van der Waals surface area contributed by atoms with Crippen LogP contribution in [0.15, 0.2) is 12.2 Å². The van der Waals surface area contributed by atoms with Crippen LogP contribution in [0.2, 0.25) is 0 Å². The number of rotatable bonds is 12. The normalized spacial score (nSPS) is 21.2. The maximum atomic E-state index is 12.5. The van der Waals surface area contributed by atoms with E-state index in [1.165, 1.54) is 13.0 Å². The van der Waals surface area contributed by atoms with Gasteiger partial charge in [0.2, 0.25) is 5.91 Å². The van der Waals surface area contributed by atoms with Crippen molar-refractivity contribution in [1.82, 2.24) is 10.6 Å². The first-order valence-electron chi connectivity index (χ1n) is 11.0. The van der Waals surface area contributed by atoms with E-state index in [0.29, 0.717) is 13.0 Å². The van der Waals surface area contributed by atoms with E-state index in [0.717, 1.165) is 13.5 Å². The molecule has 0 aromatic rings. The first-order chi connectivity index (χ1) is 15.4. The minimum absolute atomic E-state index is 0.0405. The van der Waals surface area contributed by atoms with Gasteiger partial charge in [-0.15, -0.1) is 0 Å². The lowest BCUT2D eigenvalue weighted by Gasteiger charge is -2.28. The number of carbonyl (C=O) groups is 3. The summed E-state index contributed by atoms with van der Waals surface area (Å²) in [5.74, 6) is -1.86. The highest BCUT2D eigenvalue weighted by molar-refractivity contribution is 5.89. The Bertz CT molecular complexity index is 671. The summed E-state index contributed by atoms with van der Waals surface area (Å²) in [6.45, 7) is 7.62. The van der Waals surface area contributed by atoms with Crippen molar-refractivity contribution in [2.24, 2.45) is 5.41 Å². The summed E-state index contributed by atoms with van der Waals surface area (Å²) < 4.78 is 15.2. The lowest BCUT2D eigenvalue weighted by Crippen LogP contribution is -2.55. The van der Waals surface area contributed by atoms with E-state index >= 15 is 0 Å². The van der Waals surface area contributed by atoms with Crippen molar-refractivity contribution in [3.63, 3.8) is 0 Å².